The van der Waals surface area contributed by atoms with Gasteiger partial charge in [-0.15, -0.1) is 0 Å². The van der Waals surface area contributed by atoms with E-state index in [1.807, 2.05) is 19.1 Å². The molecule has 0 aliphatic heterocycles. The van der Waals surface area contributed by atoms with Gasteiger partial charge >= 0.3 is 0 Å². The van der Waals surface area contributed by atoms with E-state index in [9.17, 15) is 4.39 Å². The zero-order valence-electron chi connectivity index (χ0n) is 10.5. The molecule has 2 aromatic carbocycles. The lowest BCUT2D eigenvalue weighted by molar-refractivity contribution is 0.621. The first-order chi connectivity index (χ1) is 8.97. The van der Waals surface area contributed by atoms with Crippen LogP contribution in [0.4, 0.5) is 4.39 Å². The summed E-state index contributed by atoms with van der Waals surface area (Å²) in [5.41, 5.74) is 9.32. The van der Waals surface area contributed by atoms with Crippen molar-refractivity contribution in [2.45, 2.75) is 19.4 Å². The van der Waals surface area contributed by atoms with Crippen molar-refractivity contribution in [1.82, 2.24) is 0 Å². The van der Waals surface area contributed by atoms with Gasteiger partial charge in [-0.2, -0.15) is 0 Å². The maximum absolute atomic E-state index is 13.3. The number of aryl methyl sites for hydroxylation is 1. The van der Waals surface area contributed by atoms with E-state index in [1.54, 1.807) is 6.07 Å². The molecule has 0 spiro atoms. The second-order valence-electron chi connectivity index (χ2n) is 4.57. The van der Waals surface area contributed by atoms with Crippen molar-refractivity contribution >= 4 is 31.9 Å². The van der Waals surface area contributed by atoms with Crippen molar-refractivity contribution < 1.29 is 4.39 Å². The zero-order valence-corrected chi connectivity index (χ0v) is 13.6. The fraction of sp³-hybridized carbons (Fsp3) is 0.200. The smallest absolute Gasteiger partial charge is 0.123 e. The van der Waals surface area contributed by atoms with Crippen LogP contribution in [0.3, 0.4) is 0 Å². The number of benzene rings is 2. The molecule has 0 aromatic heterocycles. The van der Waals surface area contributed by atoms with Crippen LogP contribution in [-0.4, -0.2) is 0 Å². The molecule has 0 bridgehead atoms. The highest BCUT2D eigenvalue weighted by Crippen LogP contribution is 2.28. The molecule has 0 saturated carbocycles. The summed E-state index contributed by atoms with van der Waals surface area (Å²) in [7, 11) is 0. The summed E-state index contributed by atoms with van der Waals surface area (Å²) in [6.07, 6.45) is 0.584. The van der Waals surface area contributed by atoms with Crippen LogP contribution in [0.2, 0.25) is 0 Å². The molecule has 0 fully saturated rings. The Labute approximate surface area is 129 Å². The van der Waals surface area contributed by atoms with Crippen LogP contribution in [0.5, 0.6) is 0 Å². The standard InChI is InChI=1S/C15H14Br2FN/c1-9-2-4-14(17)12(6-9)15(19)8-10-7-11(18)3-5-13(10)16/h2-7,15H,8,19H2,1H3. The van der Waals surface area contributed by atoms with E-state index in [-0.39, 0.29) is 11.9 Å². The van der Waals surface area contributed by atoms with Crippen molar-refractivity contribution in [1.29, 1.82) is 0 Å². The molecule has 2 aromatic rings. The largest absolute Gasteiger partial charge is 0.324 e. The van der Waals surface area contributed by atoms with Gasteiger partial charge in [0.15, 0.2) is 0 Å². The molecule has 0 aliphatic carbocycles. The Kier molecular flexibility index (Phi) is 4.76. The Balaban J connectivity index is 2.27. The third-order valence-electron chi connectivity index (χ3n) is 3.00. The van der Waals surface area contributed by atoms with Crippen LogP contribution in [0.15, 0.2) is 45.3 Å². The van der Waals surface area contributed by atoms with Gasteiger partial charge in [-0.1, -0.05) is 49.6 Å². The molecule has 0 radical (unpaired) electrons. The Morgan fingerprint density at radius 2 is 1.79 bits per heavy atom. The molecule has 0 amide bonds. The minimum atomic E-state index is -0.242. The van der Waals surface area contributed by atoms with E-state index in [1.165, 1.54) is 12.1 Å². The minimum absolute atomic E-state index is 0.174. The highest BCUT2D eigenvalue weighted by atomic mass is 79.9. The van der Waals surface area contributed by atoms with E-state index in [2.05, 4.69) is 37.9 Å². The van der Waals surface area contributed by atoms with Crippen LogP contribution in [0, 0.1) is 12.7 Å². The number of hydrogen-bond acceptors (Lipinski definition) is 1. The number of nitrogens with two attached hydrogens (primary N) is 1. The second-order valence-corrected chi connectivity index (χ2v) is 6.28. The molecule has 100 valence electrons. The van der Waals surface area contributed by atoms with Crippen LogP contribution >= 0.6 is 31.9 Å². The summed E-state index contributed by atoms with van der Waals surface area (Å²) < 4.78 is 15.1. The number of halogens is 3. The summed E-state index contributed by atoms with van der Waals surface area (Å²) in [4.78, 5) is 0. The number of hydrogen-bond donors (Lipinski definition) is 1. The van der Waals surface area contributed by atoms with Gasteiger partial charge in [0.25, 0.3) is 0 Å². The Morgan fingerprint density at radius 3 is 2.53 bits per heavy atom. The van der Waals surface area contributed by atoms with Gasteiger partial charge in [-0.05, 0) is 48.7 Å². The van der Waals surface area contributed by atoms with Crippen molar-refractivity contribution in [2.75, 3.05) is 0 Å². The third-order valence-corrected chi connectivity index (χ3v) is 4.49. The summed E-state index contributed by atoms with van der Waals surface area (Å²) in [5.74, 6) is -0.242. The van der Waals surface area contributed by atoms with Crippen molar-refractivity contribution in [2.24, 2.45) is 5.73 Å². The average molecular weight is 387 g/mol. The van der Waals surface area contributed by atoms with Crippen LogP contribution in [0.25, 0.3) is 0 Å². The predicted octanol–water partition coefficient (Wildman–Crippen LogP) is 4.90. The van der Waals surface area contributed by atoms with Gasteiger partial charge in [0.2, 0.25) is 0 Å². The Bertz CT molecular complexity index is 599. The first-order valence-corrected chi connectivity index (χ1v) is 7.51. The van der Waals surface area contributed by atoms with Gasteiger partial charge in [0.05, 0.1) is 0 Å². The normalized spacial score (nSPS) is 12.5. The lowest BCUT2D eigenvalue weighted by Crippen LogP contribution is -2.14. The van der Waals surface area contributed by atoms with Gasteiger partial charge < -0.3 is 5.73 Å². The fourth-order valence-corrected chi connectivity index (χ4v) is 2.94. The van der Waals surface area contributed by atoms with Crippen molar-refractivity contribution in [3.05, 3.63) is 67.9 Å². The molecule has 2 N–H and O–H groups in total. The molecule has 1 atom stereocenters. The first-order valence-electron chi connectivity index (χ1n) is 5.93. The number of rotatable bonds is 3. The fourth-order valence-electron chi connectivity index (χ4n) is 1.99. The first kappa shape index (κ1) is 14.7. The Morgan fingerprint density at radius 1 is 1.11 bits per heavy atom. The molecule has 1 unspecified atom stereocenters. The molecule has 19 heavy (non-hydrogen) atoms. The summed E-state index contributed by atoms with van der Waals surface area (Å²) >= 11 is 6.94. The predicted molar refractivity (Wildman–Crippen MR) is 83.6 cm³/mol. The zero-order chi connectivity index (χ0) is 14.0. The summed E-state index contributed by atoms with van der Waals surface area (Å²) in [6, 6.07) is 10.6. The second kappa shape index (κ2) is 6.16. The van der Waals surface area contributed by atoms with E-state index >= 15 is 0 Å². The van der Waals surface area contributed by atoms with Crippen molar-refractivity contribution in [3.63, 3.8) is 0 Å². The van der Waals surface area contributed by atoms with E-state index < -0.39 is 0 Å². The van der Waals surface area contributed by atoms with Crippen molar-refractivity contribution in [3.8, 4) is 0 Å². The maximum Gasteiger partial charge on any atom is 0.123 e. The molecule has 2 rings (SSSR count). The molecular weight excluding hydrogens is 373 g/mol. The topological polar surface area (TPSA) is 26.0 Å². The molecule has 1 nitrogen and oxygen atoms in total. The Hall–Kier alpha value is -0.710. The SMILES string of the molecule is Cc1ccc(Br)c(C(N)Cc2cc(F)ccc2Br)c1. The maximum atomic E-state index is 13.3. The average Bonchev–Trinajstić information content (AvgIpc) is 2.36. The van der Waals surface area contributed by atoms with Gasteiger partial charge in [0.1, 0.15) is 5.82 Å². The molecule has 0 saturated heterocycles. The van der Waals surface area contributed by atoms with Crippen LogP contribution in [0.1, 0.15) is 22.7 Å². The van der Waals surface area contributed by atoms with E-state index in [4.69, 9.17) is 5.73 Å². The van der Waals surface area contributed by atoms with Gasteiger partial charge in [-0.3, -0.25) is 0 Å². The molecule has 0 aliphatic rings. The highest BCUT2D eigenvalue weighted by molar-refractivity contribution is 9.10. The minimum Gasteiger partial charge on any atom is -0.324 e. The quantitative estimate of drug-likeness (QED) is 0.797. The molecular formula is C15H14Br2FN. The van der Waals surface area contributed by atoms with Gasteiger partial charge in [-0.25, -0.2) is 4.39 Å². The van der Waals surface area contributed by atoms with Crippen LogP contribution < -0.4 is 5.73 Å². The molecule has 0 heterocycles. The lowest BCUT2D eigenvalue weighted by atomic mass is 9.98. The van der Waals surface area contributed by atoms with Crippen LogP contribution in [-0.2, 0) is 6.42 Å². The van der Waals surface area contributed by atoms with E-state index in [0.717, 1.165) is 25.6 Å². The van der Waals surface area contributed by atoms with Gasteiger partial charge in [0, 0.05) is 15.0 Å². The molecule has 4 heteroatoms. The summed E-state index contributed by atoms with van der Waals surface area (Å²) in [5, 5.41) is 0. The third kappa shape index (κ3) is 3.65. The lowest BCUT2D eigenvalue weighted by Gasteiger charge is -2.16. The highest BCUT2D eigenvalue weighted by Gasteiger charge is 2.13. The monoisotopic (exact) mass is 385 g/mol. The summed E-state index contributed by atoms with van der Waals surface area (Å²) in [6.45, 7) is 2.03. The van der Waals surface area contributed by atoms with E-state index in [0.29, 0.717) is 6.42 Å².